The van der Waals surface area contributed by atoms with Crippen LogP contribution in [0.15, 0.2) is 12.1 Å². The lowest BCUT2D eigenvalue weighted by Crippen LogP contribution is -2.56. The predicted octanol–water partition coefficient (Wildman–Crippen LogP) is 3.34. The van der Waals surface area contributed by atoms with Gasteiger partial charge in [0.1, 0.15) is 5.75 Å². The molecule has 0 aromatic heterocycles. The van der Waals surface area contributed by atoms with E-state index in [1.54, 1.807) is 7.11 Å². The van der Waals surface area contributed by atoms with Crippen molar-refractivity contribution in [1.29, 1.82) is 0 Å². The summed E-state index contributed by atoms with van der Waals surface area (Å²) >= 11 is 0. The second kappa shape index (κ2) is 5.47. The molecule has 4 atom stereocenters. The Balaban J connectivity index is 1.81. The third kappa shape index (κ3) is 2.13. The number of cyclic esters (lactones) is 1. The van der Waals surface area contributed by atoms with Crippen LogP contribution >= 0.6 is 0 Å². The van der Waals surface area contributed by atoms with Gasteiger partial charge in [0, 0.05) is 5.92 Å². The van der Waals surface area contributed by atoms with Crippen molar-refractivity contribution in [2.45, 2.75) is 63.4 Å². The summed E-state index contributed by atoms with van der Waals surface area (Å²) in [5, 5.41) is 10.9. The van der Waals surface area contributed by atoms with Crippen molar-refractivity contribution in [2.24, 2.45) is 11.8 Å². The third-order valence-corrected chi connectivity index (χ3v) is 7.13. The van der Waals surface area contributed by atoms with E-state index >= 15 is 0 Å². The fraction of sp³-hybridized carbons (Fsp3) is 0.667. The van der Waals surface area contributed by atoms with Crippen molar-refractivity contribution in [3.05, 3.63) is 28.8 Å². The number of benzene rings is 1. The number of esters is 1. The highest BCUT2D eigenvalue weighted by Gasteiger charge is 2.62. The first-order chi connectivity index (χ1) is 11.8. The van der Waals surface area contributed by atoms with E-state index in [0.717, 1.165) is 25.0 Å². The van der Waals surface area contributed by atoms with Gasteiger partial charge >= 0.3 is 5.97 Å². The molecule has 1 aromatic rings. The second-order valence-corrected chi connectivity index (χ2v) is 8.56. The monoisotopic (exact) mass is 344 g/mol. The average Bonchev–Trinajstić information content (AvgIpc) is 2.89. The van der Waals surface area contributed by atoms with Crippen molar-refractivity contribution < 1.29 is 19.4 Å². The van der Waals surface area contributed by atoms with Crippen LogP contribution in [0.1, 0.15) is 62.6 Å². The van der Waals surface area contributed by atoms with E-state index in [0.29, 0.717) is 18.9 Å². The first-order valence-electron chi connectivity index (χ1n) is 9.42. The summed E-state index contributed by atoms with van der Waals surface area (Å²) in [6.45, 7) is 7.04. The van der Waals surface area contributed by atoms with Crippen LogP contribution < -0.4 is 4.74 Å². The second-order valence-electron chi connectivity index (χ2n) is 8.56. The average molecular weight is 344 g/mol. The van der Waals surface area contributed by atoms with Gasteiger partial charge < -0.3 is 14.6 Å². The van der Waals surface area contributed by atoms with E-state index in [4.69, 9.17) is 9.47 Å². The summed E-state index contributed by atoms with van der Waals surface area (Å²) in [4.78, 5) is 12.1. The van der Waals surface area contributed by atoms with Crippen molar-refractivity contribution in [2.75, 3.05) is 13.7 Å². The predicted molar refractivity (Wildman–Crippen MR) is 94.9 cm³/mol. The molecule has 1 heterocycles. The molecule has 0 amide bonds. The van der Waals surface area contributed by atoms with Crippen molar-refractivity contribution in [3.63, 3.8) is 0 Å². The molecule has 4 rings (SSSR count). The molecule has 3 aliphatic rings. The lowest BCUT2D eigenvalue weighted by molar-refractivity contribution is -0.159. The van der Waals surface area contributed by atoms with Crippen LogP contribution in [-0.2, 0) is 21.4 Å². The molecule has 1 saturated heterocycles. The third-order valence-electron chi connectivity index (χ3n) is 7.13. The highest BCUT2D eigenvalue weighted by Crippen LogP contribution is 2.58. The number of fused-ring (bicyclic) bond motifs is 5. The quantitative estimate of drug-likeness (QED) is 0.836. The highest BCUT2D eigenvalue weighted by molar-refractivity contribution is 5.82. The molecule has 1 aliphatic heterocycles. The Morgan fingerprint density at radius 1 is 1.28 bits per heavy atom. The number of hydrogen-bond donors (Lipinski definition) is 1. The van der Waals surface area contributed by atoms with E-state index in [-0.39, 0.29) is 17.3 Å². The maximum absolute atomic E-state index is 12.1. The van der Waals surface area contributed by atoms with Gasteiger partial charge in [-0.15, -0.1) is 0 Å². The zero-order chi connectivity index (χ0) is 18.0. The Bertz CT molecular complexity index is 725. The molecular formula is C21H28O4. The number of aliphatic hydroxyl groups is 1. The Morgan fingerprint density at radius 3 is 2.72 bits per heavy atom. The number of ether oxygens (including phenoxy) is 2. The molecule has 1 aromatic carbocycles. The summed E-state index contributed by atoms with van der Waals surface area (Å²) in [6.07, 6.45) is 3.18. The minimum atomic E-state index is -1.27. The summed E-state index contributed by atoms with van der Waals surface area (Å²) in [5.74, 6) is 1.20. The van der Waals surface area contributed by atoms with Crippen LogP contribution in [0.5, 0.6) is 5.75 Å². The number of carbonyl (C=O) groups excluding carboxylic acids is 1. The van der Waals surface area contributed by atoms with Crippen molar-refractivity contribution in [3.8, 4) is 5.75 Å². The normalized spacial score (nSPS) is 36.5. The molecule has 25 heavy (non-hydrogen) atoms. The first-order valence-corrected chi connectivity index (χ1v) is 9.42. The van der Waals surface area contributed by atoms with E-state index in [1.807, 2.05) is 0 Å². The van der Waals surface area contributed by atoms with Gasteiger partial charge in [-0.2, -0.15) is 0 Å². The van der Waals surface area contributed by atoms with Gasteiger partial charge in [-0.1, -0.05) is 32.9 Å². The lowest BCUT2D eigenvalue weighted by Gasteiger charge is -2.52. The number of carbonyl (C=O) groups is 1. The van der Waals surface area contributed by atoms with E-state index in [1.165, 1.54) is 16.7 Å². The van der Waals surface area contributed by atoms with Gasteiger partial charge in [0.2, 0.25) is 0 Å². The molecule has 0 bridgehead atoms. The summed E-state index contributed by atoms with van der Waals surface area (Å²) in [6, 6.07) is 4.47. The Morgan fingerprint density at radius 2 is 2.04 bits per heavy atom. The standard InChI is InChI=1S/C21H28O4/c1-12(2)13-5-7-15-14(18(13)24-4)6-8-16-17-11-25-19(22)21(17,23)10-9-20(15,16)3/h5,7,12,16-17,23H,6,8-11H2,1-4H3/t16-,17-,20+,21-/m0/s1. The van der Waals surface area contributed by atoms with Crippen LogP contribution in [0, 0.1) is 11.8 Å². The van der Waals surface area contributed by atoms with E-state index in [2.05, 4.69) is 32.9 Å². The molecule has 2 fully saturated rings. The van der Waals surface area contributed by atoms with Crippen LogP contribution in [0.2, 0.25) is 0 Å². The summed E-state index contributed by atoms with van der Waals surface area (Å²) < 4.78 is 11.1. The zero-order valence-electron chi connectivity index (χ0n) is 15.6. The van der Waals surface area contributed by atoms with Crippen LogP contribution in [0.25, 0.3) is 0 Å². The van der Waals surface area contributed by atoms with Gasteiger partial charge in [-0.3, -0.25) is 0 Å². The van der Waals surface area contributed by atoms with E-state index < -0.39 is 11.6 Å². The molecule has 0 radical (unpaired) electrons. The first kappa shape index (κ1) is 16.9. The fourth-order valence-corrected chi connectivity index (χ4v) is 5.67. The maximum atomic E-state index is 12.1. The number of rotatable bonds is 2. The molecule has 136 valence electrons. The van der Waals surface area contributed by atoms with Crippen LogP contribution in [-0.4, -0.2) is 30.4 Å². The lowest BCUT2D eigenvalue weighted by atomic mass is 9.51. The fourth-order valence-electron chi connectivity index (χ4n) is 5.67. The van der Waals surface area contributed by atoms with Crippen molar-refractivity contribution in [1.82, 2.24) is 0 Å². The SMILES string of the molecule is COc1c(C(C)C)ccc2c1CC[C@H]1[C@@H]3COC(=O)[C@]3(O)CC[C@]21C. The van der Waals surface area contributed by atoms with Crippen molar-refractivity contribution >= 4 is 5.97 Å². The zero-order valence-corrected chi connectivity index (χ0v) is 15.6. The highest BCUT2D eigenvalue weighted by atomic mass is 16.6. The van der Waals surface area contributed by atoms with Gasteiger partial charge in [0.25, 0.3) is 0 Å². The molecule has 4 nitrogen and oxygen atoms in total. The van der Waals surface area contributed by atoms with Gasteiger partial charge in [0.05, 0.1) is 13.7 Å². The molecule has 0 spiro atoms. The van der Waals surface area contributed by atoms with Crippen LogP contribution in [0.4, 0.5) is 0 Å². The molecular weight excluding hydrogens is 316 g/mol. The van der Waals surface area contributed by atoms with Gasteiger partial charge in [0.15, 0.2) is 5.60 Å². The smallest absolute Gasteiger partial charge is 0.338 e. The van der Waals surface area contributed by atoms with Gasteiger partial charge in [-0.25, -0.2) is 4.79 Å². The Labute approximate surface area is 149 Å². The molecule has 0 unspecified atom stereocenters. The number of methoxy groups -OCH3 is 1. The van der Waals surface area contributed by atoms with Gasteiger partial charge in [-0.05, 0) is 59.6 Å². The van der Waals surface area contributed by atoms with Crippen LogP contribution in [0.3, 0.4) is 0 Å². The summed E-state index contributed by atoms with van der Waals surface area (Å²) in [7, 11) is 1.76. The molecule has 4 heteroatoms. The minimum absolute atomic E-state index is 0.0404. The van der Waals surface area contributed by atoms with E-state index in [9.17, 15) is 9.90 Å². The molecule has 1 N–H and O–H groups in total. The molecule has 2 aliphatic carbocycles. The summed E-state index contributed by atoms with van der Waals surface area (Å²) in [5.41, 5.74) is 2.61. The topological polar surface area (TPSA) is 55.8 Å². The maximum Gasteiger partial charge on any atom is 0.338 e. The minimum Gasteiger partial charge on any atom is -0.496 e. The number of hydrogen-bond acceptors (Lipinski definition) is 4. The largest absolute Gasteiger partial charge is 0.496 e. The molecule has 1 saturated carbocycles. The Kier molecular flexibility index (Phi) is 3.70. The Hall–Kier alpha value is -1.55.